The van der Waals surface area contributed by atoms with Crippen molar-refractivity contribution in [2.45, 2.75) is 222 Å². The van der Waals surface area contributed by atoms with E-state index in [4.69, 9.17) is 190 Å². The molecule has 0 aromatic carbocycles. The number of hydrogen-bond acceptors (Lipinski definition) is 48. The van der Waals surface area contributed by atoms with Crippen molar-refractivity contribution in [2.24, 2.45) is 0 Å². The maximum atomic E-state index is 14.8. The summed E-state index contributed by atoms with van der Waals surface area (Å²) in [6, 6.07) is 0. The third kappa shape index (κ3) is 25.9. The van der Waals surface area contributed by atoms with Gasteiger partial charge < -0.3 is 140 Å². The summed E-state index contributed by atoms with van der Waals surface area (Å²) in [7, 11) is 1.15. The second-order valence-electron chi connectivity index (χ2n) is 33.8. The van der Waals surface area contributed by atoms with Crippen LogP contribution < -0.4 is 68.1 Å². The summed E-state index contributed by atoms with van der Waals surface area (Å²) in [6.07, 6.45) is -16.9. The van der Waals surface area contributed by atoms with Crippen LogP contribution >= 0.6 is 59.4 Å². The molecule has 0 saturated carbocycles. The predicted molar refractivity (Wildman–Crippen MR) is 525 cm³/mol. The molecule has 7 unspecified atom stereocenters. The van der Waals surface area contributed by atoms with Crippen LogP contribution in [0.15, 0.2) is 94.6 Å². The average Bonchev–Trinajstić information content (AvgIpc) is 1.63. The summed E-state index contributed by atoms with van der Waals surface area (Å²) in [5.74, 6) is -0.0145. The molecule has 58 nitrogen and oxygen atoms in total. The third-order valence-electron chi connectivity index (χ3n) is 23.9. The number of nitrogens with one attached hydrogen (secondary N) is 3. The molecule has 7 aliphatic heterocycles. The zero-order valence-electron chi connectivity index (χ0n) is 76.2. The third-order valence-corrected chi connectivity index (χ3v) is 35.2. The van der Waals surface area contributed by atoms with Crippen LogP contribution in [0.2, 0.25) is 0 Å². The summed E-state index contributed by atoms with van der Waals surface area (Å²) in [5, 5.41) is 0. The minimum atomic E-state index is -4.82. The molecule has 16 rings (SSSR count). The van der Waals surface area contributed by atoms with E-state index in [0.717, 1.165) is 37.9 Å². The van der Waals surface area contributed by atoms with Crippen LogP contribution in [0, 0.1) is 34.6 Å². The lowest BCUT2D eigenvalue weighted by Gasteiger charge is -2.28. The first-order valence-electron chi connectivity index (χ1n) is 43.4. The van der Waals surface area contributed by atoms with E-state index >= 15 is 0 Å². The number of aryl methyl sites for hydroxylation is 5. The maximum Gasteiger partial charge on any atom is 0.386 e. The van der Waals surface area contributed by atoms with E-state index in [1.165, 1.54) is 78.2 Å². The fraction of sp³-hybridized carbons (Fsp3) is 0.583. The lowest BCUT2D eigenvalue weighted by Crippen LogP contribution is -2.33. The van der Waals surface area contributed by atoms with Crippen molar-refractivity contribution < 1.29 is 130 Å². The molecule has 144 heavy (non-hydrogen) atoms. The number of thiol groups is 1. The minimum absolute atomic E-state index is 0.0105. The van der Waals surface area contributed by atoms with E-state index in [1.54, 1.807) is 20.8 Å². The van der Waals surface area contributed by atoms with Gasteiger partial charge in [-0.05, 0) is 112 Å². The molecule has 7 aliphatic rings. The quantitative estimate of drug-likeness (QED) is 0.0192. The average molecular weight is 2290 g/mol. The first kappa shape index (κ1) is 110. The Hall–Kier alpha value is -6.50. The second-order valence-corrected chi connectivity index (χ2v) is 53.5. The van der Waals surface area contributed by atoms with Gasteiger partial charge in [0, 0.05) is 111 Å². The maximum absolute atomic E-state index is 14.8. The molecule has 0 amide bonds. The number of rotatable bonds is 41. The number of aromatic nitrogens is 18. The van der Waals surface area contributed by atoms with Gasteiger partial charge in [0.05, 0.1) is 95.0 Å². The first-order chi connectivity index (χ1) is 67.8. The van der Waals surface area contributed by atoms with Crippen LogP contribution in [-0.4, -0.2) is 248 Å². The molecule has 9 aromatic rings. The summed E-state index contributed by atoms with van der Waals surface area (Å²) in [6.45, 7) is -27.1. The van der Waals surface area contributed by atoms with Crippen LogP contribution in [-0.2, 0) is 172 Å². The van der Waals surface area contributed by atoms with Gasteiger partial charge in [-0.3, -0.25) is 70.4 Å². The molecule has 9 aromatic heterocycles. The van der Waals surface area contributed by atoms with E-state index in [9.17, 15) is 72.3 Å². The van der Waals surface area contributed by atoms with E-state index in [1.807, 2.05) is 0 Å². The molecule has 72 heteroatoms. The molecule has 28 atom stereocenters. The van der Waals surface area contributed by atoms with Crippen LogP contribution in [0.25, 0.3) is 22.3 Å². The van der Waals surface area contributed by atoms with E-state index in [2.05, 4.69) is 67.1 Å². The summed E-state index contributed by atoms with van der Waals surface area (Å²) in [5.41, 5.74) is 19.3. The molecular formula is C72H97N22O36P7S7. The highest BCUT2D eigenvalue weighted by molar-refractivity contribution is 8.44. The molecule has 0 spiro atoms. The molecular weight excluding hydrogens is 2190 g/mol. The zero-order chi connectivity index (χ0) is 104. The summed E-state index contributed by atoms with van der Waals surface area (Å²) < 4.78 is 151. The van der Waals surface area contributed by atoms with Crippen LogP contribution in [0.5, 0.6) is 0 Å². The predicted octanol–water partition coefficient (Wildman–Crippen LogP) is 1.91. The van der Waals surface area contributed by atoms with Crippen LogP contribution in [0.3, 0.4) is 0 Å². The number of fused-ring (bicyclic) bond motifs is 2. The molecule has 0 bridgehead atoms. The van der Waals surface area contributed by atoms with E-state index < -0.39 is 274 Å². The topological polar surface area (TPSA) is 758 Å². The second kappa shape index (κ2) is 44.4. The summed E-state index contributed by atoms with van der Waals surface area (Å²) in [4.78, 5) is 216. The fourth-order valence-electron chi connectivity index (χ4n) is 16.7. The Labute approximate surface area is 846 Å². The summed E-state index contributed by atoms with van der Waals surface area (Å²) >= 11 is 37.7. The Morgan fingerprint density at radius 3 is 0.903 bits per heavy atom. The number of H-pyrrole nitrogens is 3. The Morgan fingerprint density at radius 2 is 0.611 bits per heavy atom. The number of hydrogen-bond donors (Lipinski definition) is 14. The van der Waals surface area contributed by atoms with Gasteiger partial charge >= 0.3 is 75.6 Å². The molecule has 7 saturated heterocycles. The number of ether oxygens (including phenoxy) is 7. The van der Waals surface area contributed by atoms with Crippen molar-refractivity contribution in [3.63, 3.8) is 0 Å². The first-order valence-corrected chi connectivity index (χ1v) is 61.6. The standard InChI is InChI=1S/C72H97N22O36P7S7/c1-8-36-37(9-50(117-36)88-16-31(2)59(73)83-68(88)98)125-132(104,139)111-22-46-40(11-52(119-46)90-18-33(4)65(95)85-70(90)100)127-134(106,141)113-24-47-41(12-53(120-47)91-19-34(5)66(96)86-71(91)101)128-135(107,142)114-25-48-42(13-54(121-48)92-20-35(6)67(97)87-72(92)102)129-136(108,143)116-26-49-43(15-56(123-49)94-30-82-58-62(76)78-28-80-64(58)94)130-137(109,144)115-23-45-39(10-51(118-45)89-17-32(3)60(74)84-69(89)99)126-133(105,140)112-21-44-38(124-131(103,138)110-7)14-55(122-44)93-29-81-57-61(75)77-27-79-63(57)93/h16-20,27-30,36-56H,8-15,21-26H2,1-7H3,(H,103,138)(H,104,139)(H,105,140)(H,106,141)(H,107,142)(H,108,143)(H,109,144)(H2,73,83,98)(H2,74,84,99)(H2,75,77,79)(H2,76,78,80)(H,85,95,100)(H,86,96,101)(H,87,97,102)/t36-,37-,38-,39-,40-,41-,42-,43-,44-,45-,46-,47-,48-,49-,50-,51-,52-,53-,54-,55-,56-,131?,132?,133?,134?,135?,136?,137?/m1/s1. The minimum Gasteiger partial charge on any atom is -0.383 e. The lowest BCUT2D eigenvalue weighted by atomic mass is 10.1. The smallest absolute Gasteiger partial charge is 0.383 e. The number of nitrogen functional groups attached to an aromatic ring is 4. The van der Waals surface area contributed by atoms with Gasteiger partial charge in [-0.1, -0.05) is 19.2 Å². The van der Waals surface area contributed by atoms with Gasteiger partial charge in [-0.15, -0.1) is 0 Å². The van der Waals surface area contributed by atoms with Crippen molar-refractivity contribution in [3.8, 4) is 0 Å². The number of aromatic amines is 3. The number of nitrogens with zero attached hydrogens (tertiary/aromatic N) is 15. The van der Waals surface area contributed by atoms with Crippen molar-refractivity contribution in [3.05, 3.63) is 168 Å². The number of anilines is 4. The van der Waals surface area contributed by atoms with E-state index in [-0.39, 0.29) is 94.4 Å². The highest BCUT2D eigenvalue weighted by Crippen LogP contribution is 2.61. The van der Waals surface area contributed by atoms with Gasteiger partial charge in [0.25, 0.3) is 16.7 Å². The highest BCUT2D eigenvalue weighted by Gasteiger charge is 2.52. The van der Waals surface area contributed by atoms with Crippen molar-refractivity contribution >= 4 is 176 Å². The van der Waals surface area contributed by atoms with Gasteiger partial charge in [-0.2, -0.15) is 9.97 Å². The van der Waals surface area contributed by atoms with Gasteiger partial charge in [0.15, 0.2) is 22.9 Å². The molecule has 0 aliphatic carbocycles. The van der Waals surface area contributed by atoms with Crippen molar-refractivity contribution in [2.75, 3.05) is 69.7 Å². The molecule has 16 heterocycles. The fourth-order valence-corrected chi connectivity index (χ4v) is 26.6. The number of imidazole rings is 2. The Kier molecular flexibility index (Phi) is 34.0. The van der Waals surface area contributed by atoms with Crippen LogP contribution in [0.4, 0.5) is 23.3 Å². The molecule has 788 valence electrons. The Balaban J connectivity index is 0.605. The van der Waals surface area contributed by atoms with Crippen molar-refractivity contribution in [1.82, 2.24) is 86.8 Å². The molecule has 0 radical (unpaired) electrons. The largest absolute Gasteiger partial charge is 0.386 e. The molecule has 17 N–H and O–H groups in total. The monoisotopic (exact) mass is 2290 g/mol. The van der Waals surface area contributed by atoms with E-state index in [0.29, 0.717) is 17.5 Å². The van der Waals surface area contributed by atoms with Gasteiger partial charge in [-0.25, -0.2) is 58.4 Å². The lowest BCUT2D eigenvalue weighted by molar-refractivity contribution is -0.0571. The molecule has 7 fully saturated rings. The zero-order valence-corrected chi connectivity index (χ0v) is 88.2. The van der Waals surface area contributed by atoms with Gasteiger partial charge in [0.1, 0.15) is 122 Å². The SMILES string of the molecule is CC[C@H]1O[C@@H](n2cc(C)c(N)nc2=O)C[C@H]1OP(O)(=S)OC[C@H]1O[C@@H](n2cc(C)c(=O)[nH]c2=O)C[C@H]1OP(=O)(S)OC[C@H]1O[C@@H](n2cc(C)c(=O)[nH]c2=O)C[C@H]1OP(O)(=S)OC[C@H]1O[C@@H](n2cc(C)c(=O)[nH]c2=O)C[C@H]1OP(O)(=S)OC[C@H]1O[C@@H](n2cnc3c(N)ncnc32)C[C@H]1OP(O)(=S)OC[C@H]1O[C@@H](n2cc(C)c(N)nc2=O)C[C@H]1OP(O)(=S)OC[C@H]1O[C@@H](n2cnc3c(N)ncnc32)C[C@H]1OP(O)(=S)OC. The van der Waals surface area contributed by atoms with Crippen molar-refractivity contribution in [1.29, 1.82) is 0 Å². The Morgan fingerprint density at radius 1 is 0.361 bits per heavy atom. The van der Waals surface area contributed by atoms with Crippen LogP contribution in [0.1, 0.15) is 130 Å². The highest BCUT2D eigenvalue weighted by atomic mass is 32.7. The van der Waals surface area contributed by atoms with Gasteiger partial charge in [0.2, 0.25) is 0 Å². The Bertz CT molecular complexity index is 7250. The number of nitrogens with two attached hydrogens (primary N) is 4. The normalized spacial score (nSPS) is 29.7.